The van der Waals surface area contributed by atoms with Crippen LogP contribution in [-0.4, -0.2) is 44.4 Å². The molecule has 170 valence electrons. The predicted octanol–water partition coefficient (Wildman–Crippen LogP) is 6.40. The van der Waals surface area contributed by atoms with Crippen molar-refractivity contribution in [1.82, 2.24) is 4.90 Å². The summed E-state index contributed by atoms with van der Waals surface area (Å²) in [5.74, 6) is 1.10. The summed E-state index contributed by atoms with van der Waals surface area (Å²) < 4.78 is 13.4. The molecule has 2 aromatic rings. The van der Waals surface area contributed by atoms with Gasteiger partial charge in [-0.3, -0.25) is 4.79 Å². The van der Waals surface area contributed by atoms with E-state index in [0.717, 1.165) is 11.1 Å². The summed E-state index contributed by atoms with van der Waals surface area (Å²) >= 11 is 0. The number of β-lactam (4-membered cyclic amide) rings is 1. The molecule has 2 atom stereocenters. The second-order valence-electron chi connectivity index (χ2n) is 9.95. The summed E-state index contributed by atoms with van der Waals surface area (Å²) in [5.41, 5.74) is 1.45. The van der Waals surface area contributed by atoms with Gasteiger partial charge in [-0.2, -0.15) is 0 Å². The molecular weight excluding hydrogens is 402 g/mol. The summed E-state index contributed by atoms with van der Waals surface area (Å²) in [6.45, 7) is 17.0. The van der Waals surface area contributed by atoms with E-state index in [1.165, 1.54) is 5.39 Å². The second kappa shape index (κ2) is 9.74. The van der Waals surface area contributed by atoms with E-state index in [4.69, 9.17) is 9.16 Å². The van der Waals surface area contributed by atoms with Gasteiger partial charge in [0.25, 0.3) is 0 Å². The van der Waals surface area contributed by atoms with Crippen molar-refractivity contribution in [3.63, 3.8) is 0 Å². The average Bonchev–Trinajstić information content (AvgIpc) is 2.72. The number of rotatable bonds is 10. The van der Waals surface area contributed by atoms with Gasteiger partial charge in [-0.15, -0.1) is 0 Å². The first kappa shape index (κ1) is 23.8. The molecule has 31 heavy (non-hydrogen) atoms. The minimum atomic E-state index is -2.10. The third kappa shape index (κ3) is 4.83. The van der Waals surface area contributed by atoms with Crippen LogP contribution in [0, 0.1) is 0 Å². The number of benzene rings is 2. The topological polar surface area (TPSA) is 38.8 Å². The fourth-order valence-electron chi connectivity index (χ4n) is 5.44. The van der Waals surface area contributed by atoms with Crippen LogP contribution in [0.15, 0.2) is 42.5 Å². The summed E-state index contributed by atoms with van der Waals surface area (Å²) in [6, 6.07) is 14.7. The second-order valence-corrected chi connectivity index (χ2v) is 15.4. The molecule has 0 N–H and O–H groups in total. The van der Waals surface area contributed by atoms with E-state index in [1.54, 1.807) is 0 Å². The number of amides is 1. The van der Waals surface area contributed by atoms with Crippen LogP contribution in [0.3, 0.4) is 0 Å². The maximum absolute atomic E-state index is 12.2. The summed E-state index contributed by atoms with van der Waals surface area (Å²) in [7, 11) is -2.10. The largest absolute Gasteiger partial charge is 0.490 e. The van der Waals surface area contributed by atoms with Gasteiger partial charge < -0.3 is 14.1 Å². The monoisotopic (exact) mass is 441 g/mol. The molecule has 1 saturated heterocycles. The average molecular weight is 442 g/mol. The highest BCUT2D eigenvalue weighted by molar-refractivity contribution is 6.77. The zero-order valence-electron chi connectivity index (χ0n) is 20.2. The highest BCUT2D eigenvalue weighted by Crippen LogP contribution is 2.43. The van der Waals surface area contributed by atoms with Gasteiger partial charge in [0.05, 0.1) is 6.10 Å². The number of hydrogen-bond donors (Lipinski definition) is 0. The van der Waals surface area contributed by atoms with Crippen LogP contribution < -0.4 is 4.74 Å². The molecule has 5 heteroatoms. The van der Waals surface area contributed by atoms with Gasteiger partial charge in [-0.1, -0.05) is 77.9 Å². The van der Waals surface area contributed by atoms with Gasteiger partial charge in [0, 0.05) is 24.4 Å². The number of hydrogen-bond acceptors (Lipinski definition) is 3. The van der Waals surface area contributed by atoms with Gasteiger partial charge in [0.1, 0.15) is 12.4 Å². The van der Waals surface area contributed by atoms with Gasteiger partial charge in [0.15, 0.2) is 0 Å². The van der Waals surface area contributed by atoms with E-state index in [-0.39, 0.29) is 18.1 Å². The molecular formula is C26H39NO3Si. The molecule has 0 spiro atoms. The van der Waals surface area contributed by atoms with Crippen LogP contribution in [0.4, 0.5) is 0 Å². The first-order valence-electron chi connectivity index (χ1n) is 11.7. The maximum atomic E-state index is 12.2. The van der Waals surface area contributed by atoms with E-state index >= 15 is 0 Å². The Balaban J connectivity index is 1.86. The molecule has 0 aliphatic carbocycles. The Labute approximate surface area is 189 Å². The summed E-state index contributed by atoms with van der Waals surface area (Å²) in [4.78, 5) is 14.2. The lowest BCUT2D eigenvalue weighted by Crippen LogP contribution is -2.58. The zero-order chi connectivity index (χ0) is 22.8. The number of fused-ring (bicyclic) bond motifs is 1. The smallest absolute Gasteiger partial charge is 0.224 e. The minimum Gasteiger partial charge on any atom is -0.490 e. The molecule has 4 nitrogen and oxygen atoms in total. The van der Waals surface area contributed by atoms with Crippen molar-refractivity contribution in [3.8, 4) is 5.75 Å². The van der Waals surface area contributed by atoms with Crippen molar-refractivity contribution in [2.45, 2.75) is 83.7 Å². The van der Waals surface area contributed by atoms with E-state index in [2.05, 4.69) is 66.7 Å². The Morgan fingerprint density at radius 3 is 2.16 bits per heavy atom. The van der Waals surface area contributed by atoms with Crippen molar-refractivity contribution in [1.29, 1.82) is 0 Å². The third-order valence-corrected chi connectivity index (χ3v) is 13.1. The van der Waals surface area contributed by atoms with Crippen molar-refractivity contribution in [3.05, 3.63) is 42.5 Å². The SMILES string of the molecule is CC1CC(=O)N1C[C@@H](COc1cccc2ccccc12)O[Si](C(C)C)(C(C)C)C(C)C. The van der Waals surface area contributed by atoms with Crippen LogP contribution in [-0.2, 0) is 9.22 Å². The Hall–Kier alpha value is -1.85. The Morgan fingerprint density at radius 1 is 0.968 bits per heavy atom. The zero-order valence-corrected chi connectivity index (χ0v) is 21.2. The number of likely N-dealkylation sites (tertiary alicyclic amines) is 1. The van der Waals surface area contributed by atoms with Gasteiger partial charge >= 0.3 is 0 Å². The lowest BCUT2D eigenvalue weighted by Gasteiger charge is -2.47. The van der Waals surface area contributed by atoms with Crippen LogP contribution in [0.5, 0.6) is 5.75 Å². The molecule has 1 unspecified atom stereocenters. The third-order valence-electron chi connectivity index (χ3n) is 6.98. The van der Waals surface area contributed by atoms with E-state index in [9.17, 15) is 4.79 Å². The van der Waals surface area contributed by atoms with Crippen molar-refractivity contribution in [2.75, 3.05) is 13.2 Å². The highest BCUT2D eigenvalue weighted by Gasteiger charge is 2.47. The van der Waals surface area contributed by atoms with Crippen molar-refractivity contribution < 1.29 is 14.0 Å². The van der Waals surface area contributed by atoms with Crippen LogP contribution in [0.1, 0.15) is 54.9 Å². The van der Waals surface area contributed by atoms with E-state index in [0.29, 0.717) is 36.2 Å². The molecule has 2 aromatic carbocycles. The van der Waals surface area contributed by atoms with Crippen molar-refractivity contribution >= 4 is 25.0 Å². The molecule has 1 aliphatic rings. The molecule has 0 bridgehead atoms. The molecule has 3 rings (SSSR count). The number of carbonyl (C=O) groups excluding carboxylic acids is 1. The minimum absolute atomic E-state index is 0.135. The quantitative estimate of drug-likeness (QED) is 0.316. The fourth-order valence-corrected chi connectivity index (χ4v) is 11.0. The van der Waals surface area contributed by atoms with Gasteiger partial charge in [0.2, 0.25) is 14.2 Å². The van der Waals surface area contributed by atoms with Crippen molar-refractivity contribution in [2.24, 2.45) is 0 Å². The van der Waals surface area contributed by atoms with Gasteiger partial charge in [-0.25, -0.2) is 0 Å². The van der Waals surface area contributed by atoms with Gasteiger partial charge in [-0.05, 0) is 35.0 Å². The molecule has 0 aromatic heterocycles. The van der Waals surface area contributed by atoms with E-state index < -0.39 is 8.32 Å². The fraction of sp³-hybridized carbons (Fsp3) is 0.577. The first-order chi connectivity index (χ1) is 14.7. The molecule has 1 fully saturated rings. The predicted molar refractivity (Wildman–Crippen MR) is 131 cm³/mol. The number of carbonyl (C=O) groups is 1. The number of ether oxygens (including phenoxy) is 1. The normalized spacial score (nSPS) is 18.2. The summed E-state index contributed by atoms with van der Waals surface area (Å²) in [5, 5.41) is 2.27. The molecule has 1 amide bonds. The number of nitrogens with zero attached hydrogens (tertiary/aromatic N) is 1. The maximum Gasteiger partial charge on any atom is 0.224 e. The Kier molecular flexibility index (Phi) is 7.48. The van der Waals surface area contributed by atoms with Crippen LogP contribution in [0.2, 0.25) is 16.6 Å². The molecule has 0 radical (unpaired) electrons. The Morgan fingerprint density at radius 2 is 1.58 bits per heavy atom. The first-order valence-corrected chi connectivity index (χ1v) is 13.9. The molecule has 1 heterocycles. The van der Waals surface area contributed by atoms with Crippen LogP contribution in [0.25, 0.3) is 10.8 Å². The highest BCUT2D eigenvalue weighted by atomic mass is 28.4. The van der Waals surface area contributed by atoms with Crippen LogP contribution >= 0.6 is 0 Å². The molecule has 1 aliphatic heterocycles. The Bertz CT molecular complexity index is 868. The lowest BCUT2D eigenvalue weighted by molar-refractivity contribution is -0.147. The molecule has 0 saturated carbocycles. The standard InChI is InChI=1S/C26H39NO3Si/c1-18(2)31(19(3)4,20(5)6)30-23(16-27-21(7)15-26(27)28)17-29-25-14-10-12-22-11-8-9-13-24(22)25/h8-14,18-21,23H,15-17H2,1-7H3/t21?,23-/m0/s1. The summed E-state index contributed by atoms with van der Waals surface area (Å²) in [6.07, 6.45) is 0.502. The lowest BCUT2D eigenvalue weighted by atomic mass is 10.0. The van der Waals surface area contributed by atoms with E-state index in [1.807, 2.05) is 29.2 Å².